The van der Waals surface area contributed by atoms with Gasteiger partial charge >= 0.3 is 0 Å². The van der Waals surface area contributed by atoms with Crippen molar-refractivity contribution in [2.45, 2.75) is 91.4 Å². The molecule has 0 saturated heterocycles. The quantitative estimate of drug-likeness (QED) is 0.447. The zero-order valence-corrected chi connectivity index (χ0v) is 18.0. The van der Waals surface area contributed by atoms with E-state index < -0.39 is 0 Å². The molecule has 0 radical (unpaired) electrons. The van der Waals surface area contributed by atoms with Gasteiger partial charge in [0.25, 0.3) is 0 Å². The van der Waals surface area contributed by atoms with Gasteiger partial charge in [-0.05, 0) is 70.8 Å². The van der Waals surface area contributed by atoms with Gasteiger partial charge < -0.3 is 0 Å². The Labute approximate surface area is 162 Å². The number of unbranched alkanes of at least 4 members (excludes halogenated alkanes) is 1. The van der Waals surface area contributed by atoms with Crippen LogP contribution in [0.25, 0.3) is 0 Å². The maximum atomic E-state index is 2.46. The predicted molar refractivity (Wildman–Crippen MR) is 116 cm³/mol. The Kier molecular flexibility index (Phi) is 7.09. The molecule has 0 aromatic heterocycles. The standard InChI is InChI=1S/C26H38/c1-19(2)23-14-10-13-21(17-23)11-8-9-12-22-15-16-25(26(5,6)7)24(18-22)20(3)4/h10,13-20H,8-9,11-12H2,1-7H3. The first kappa shape index (κ1) is 20.7. The van der Waals surface area contributed by atoms with E-state index in [1.54, 1.807) is 0 Å². The lowest BCUT2D eigenvalue weighted by molar-refractivity contribution is 0.576. The van der Waals surface area contributed by atoms with Gasteiger partial charge in [0.1, 0.15) is 0 Å². The number of hydrogen-bond acceptors (Lipinski definition) is 0. The number of benzene rings is 2. The first-order chi connectivity index (χ1) is 12.2. The fourth-order valence-electron chi connectivity index (χ4n) is 3.69. The van der Waals surface area contributed by atoms with Crippen LogP contribution in [0.15, 0.2) is 42.5 Å². The molecule has 2 aromatic rings. The summed E-state index contributed by atoms with van der Waals surface area (Å²) < 4.78 is 0. The third-order valence-electron chi connectivity index (χ3n) is 5.34. The first-order valence-corrected chi connectivity index (χ1v) is 10.4. The van der Waals surface area contributed by atoms with E-state index in [1.165, 1.54) is 53.5 Å². The summed E-state index contributed by atoms with van der Waals surface area (Å²) in [6.45, 7) is 16.1. The Hall–Kier alpha value is -1.56. The number of rotatable bonds is 7. The molecule has 2 rings (SSSR count). The largest absolute Gasteiger partial charge is 0.0617 e. The normalized spacial score (nSPS) is 12.2. The van der Waals surface area contributed by atoms with Crippen molar-refractivity contribution in [1.82, 2.24) is 0 Å². The average Bonchev–Trinajstić information content (AvgIpc) is 2.58. The lowest BCUT2D eigenvalue weighted by Gasteiger charge is -2.25. The fraction of sp³-hybridized carbons (Fsp3) is 0.538. The first-order valence-electron chi connectivity index (χ1n) is 10.4. The highest BCUT2D eigenvalue weighted by Crippen LogP contribution is 2.31. The molecule has 0 N–H and O–H groups in total. The van der Waals surface area contributed by atoms with Gasteiger partial charge in [-0.3, -0.25) is 0 Å². The Balaban J connectivity index is 1.96. The van der Waals surface area contributed by atoms with Gasteiger partial charge in [-0.15, -0.1) is 0 Å². The molecule has 0 fully saturated rings. The minimum atomic E-state index is 0.222. The summed E-state index contributed by atoms with van der Waals surface area (Å²) in [5.41, 5.74) is 7.70. The fourth-order valence-corrected chi connectivity index (χ4v) is 3.69. The highest BCUT2D eigenvalue weighted by Gasteiger charge is 2.19. The molecule has 0 heterocycles. The molecule has 0 amide bonds. The lowest BCUT2D eigenvalue weighted by atomic mass is 9.80. The zero-order valence-electron chi connectivity index (χ0n) is 18.0. The highest BCUT2D eigenvalue weighted by molar-refractivity contribution is 5.38. The Morgan fingerprint density at radius 2 is 1.35 bits per heavy atom. The maximum absolute atomic E-state index is 2.46. The van der Waals surface area contributed by atoms with Crippen molar-refractivity contribution in [3.8, 4) is 0 Å². The van der Waals surface area contributed by atoms with Crippen LogP contribution >= 0.6 is 0 Å². The van der Waals surface area contributed by atoms with E-state index in [1.807, 2.05) is 0 Å². The molecule has 0 unspecified atom stereocenters. The van der Waals surface area contributed by atoms with Gasteiger partial charge in [-0.1, -0.05) is 90.9 Å². The molecular weight excluding hydrogens is 312 g/mol. The van der Waals surface area contributed by atoms with Gasteiger partial charge in [0.05, 0.1) is 0 Å². The second-order valence-corrected chi connectivity index (χ2v) is 9.43. The predicted octanol–water partition coefficient (Wildman–Crippen LogP) is 7.80. The summed E-state index contributed by atoms with van der Waals surface area (Å²) in [4.78, 5) is 0. The Bertz CT molecular complexity index is 698. The van der Waals surface area contributed by atoms with E-state index in [0.717, 1.165) is 0 Å². The van der Waals surface area contributed by atoms with Crippen molar-refractivity contribution in [1.29, 1.82) is 0 Å². The SMILES string of the molecule is CC(C)c1cccc(CCCCc2ccc(C(C)(C)C)c(C(C)C)c2)c1. The lowest BCUT2D eigenvalue weighted by Crippen LogP contribution is -2.15. The van der Waals surface area contributed by atoms with Crippen LogP contribution in [0, 0.1) is 0 Å². The molecule has 142 valence electrons. The summed E-state index contributed by atoms with van der Waals surface area (Å²) in [6.07, 6.45) is 4.91. The second kappa shape index (κ2) is 8.89. The van der Waals surface area contributed by atoms with E-state index in [4.69, 9.17) is 0 Å². The molecule has 0 aliphatic rings. The van der Waals surface area contributed by atoms with E-state index in [9.17, 15) is 0 Å². The molecule has 0 saturated carbocycles. The van der Waals surface area contributed by atoms with Gasteiger partial charge in [0.2, 0.25) is 0 Å². The molecule has 26 heavy (non-hydrogen) atoms. The highest BCUT2D eigenvalue weighted by atomic mass is 14.2. The average molecular weight is 351 g/mol. The molecule has 2 aromatic carbocycles. The Morgan fingerprint density at radius 1 is 0.731 bits per heavy atom. The molecule has 0 spiro atoms. The second-order valence-electron chi connectivity index (χ2n) is 9.43. The van der Waals surface area contributed by atoms with Crippen LogP contribution < -0.4 is 0 Å². The van der Waals surface area contributed by atoms with Crippen molar-refractivity contribution < 1.29 is 0 Å². The minimum Gasteiger partial charge on any atom is -0.0617 e. The molecule has 0 atom stereocenters. The van der Waals surface area contributed by atoms with Crippen LogP contribution in [0.3, 0.4) is 0 Å². The summed E-state index contributed by atoms with van der Waals surface area (Å²) >= 11 is 0. The van der Waals surface area contributed by atoms with E-state index in [0.29, 0.717) is 11.8 Å². The van der Waals surface area contributed by atoms with Crippen molar-refractivity contribution in [3.63, 3.8) is 0 Å². The summed E-state index contributed by atoms with van der Waals surface area (Å²) in [5.74, 6) is 1.20. The van der Waals surface area contributed by atoms with E-state index >= 15 is 0 Å². The molecule has 0 bridgehead atoms. The number of aryl methyl sites for hydroxylation is 2. The van der Waals surface area contributed by atoms with Crippen LogP contribution in [-0.4, -0.2) is 0 Å². The maximum Gasteiger partial charge on any atom is -0.0129 e. The molecule has 0 aliphatic carbocycles. The van der Waals surface area contributed by atoms with Gasteiger partial charge in [0, 0.05) is 0 Å². The van der Waals surface area contributed by atoms with Gasteiger partial charge in [0.15, 0.2) is 0 Å². The van der Waals surface area contributed by atoms with Crippen LogP contribution in [0.2, 0.25) is 0 Å². The van der Waals surface area contributed by atoms with Crippen LogP contribution in [0.5, 0.6) is 0 Å². The van der Waals surface area contributed by atoms with E-state index in [2.05, 4.69) is 90.9 Å². The van der Waals surface area contributed by atoms with Gasteiger partial charge in [-0.2, -0.15) is 0 Å². The van der Waals surface area contributed by atoms with Gasteiger partial charge in [-0.25, -0.2) is 0 Å². The summed E-state index contributed by atoms with van der Waals surface area (Å²) in [5, 5.41) is 0. The number of hydrogen-bond donors (Lipinski definition) is 0. The third-order valence-corrected chi connectivity index (χ3v) is 5.34. The van der Waals surface area contributed by atoms with Crippen molar-refractivity contribution in [2.24, 2.45) is 0 Å². The third kappa shape index (κ3) is 5.73. The van der Waals surface area contributed by atoms with Crippen LogP contribution in [0.4, 0.5) is 0 Å². The summed E-state index contributed by atoms with van der Waals surface area (Å²) in [6, 6.07) is 16.3. The van der Waals surface area contributed by atoms with Crippen LogP contribution in [0.1, 0.15) is 101 Å². The molecule has 0 nitrogen and oxygen atoms in total. The topological polar surface area (TPSA) is 0 Å². The van der Waals surface area contributed by atoms with E-state index in [-0.39, 0.29) is 5.41 Å². The summed E-state index contributed by atoms with van der Waals surface area (Å²) in [7, 11) is 0. The molecule has 0 heteroatoms. The van der Waals surface area contributed by atoms with Crippen molar-refractivity contribution in [3.05, 3.63) is 70.3 Å². The van der Waals surface area contributed by atoms with Crippen LogP contribution in [-0.2, 0) is 18.3 Å². The molecule has 0 aliphatic heterocycles. The van der Waals surface area contributed by atoms with Crippen molar-refractivity contribution in [2.75, 3.05) is 0 Å². The smallest absolute Gasteiger partial charge is 0.0129 e. The monoisotopic (exact) mass is 350 g/mol. The minimum absolute atomic E-state index is 0.222. The van der Waals surface area contributed by atoms with Crippen molar-refractivity contribution >= 4 is 0 Å². The Morgan fingerprint density at radius 3 is 1.88 bits per heavy atom. The zero-order chi connectivity index (χ0) is 19.3. The molecular formula is C26H38.